The Bertz CT molecular complexity index is 1250. The van der Waals surface area contributed by atoms with Gasteiger partial charge in [0, 0.05) is 23.5 Å². The summed E-state index contributed by atoms with van der Waals surface area (Å²) in [4.78, 5) is 42.7. The van der Waals surface area contributed by atoms with Crippen molar-refractivity contribution in [3.63, 3.8) is 0 Å². The minimum Gasteiger partial charge on any atom is -0.497 e. The first-order valence-corrected chi connectivity index (χ1v) is 14.9. The summed E-state index contributed by atoms with van der Waals surface area (Å²) in [6.45, 7) is 15.6. The number of hydrogen-bond acceptors (Lipinski definition) is 6. The van der Waals surface area contributed by atoms with Gasteiger partial charge in [-0.2, -0.15) is 0 Å². The molecule has 0 saturated carbocycles. The number of methoxy groups -OCH3 is 1. The second kappa shape index (κ2) is 15.2. The van der Waals surface area contributed by atoms with E-state index < -0.39 is 34.9 Å². The molecule has 2 amide bonds. The molecule has 2 aromatic rings. The number of benzene rings is 2. The van der Waals surface area contributed by atoms with Crippen molar-refractivity contribution >= 4 is 17.8 Å². The molecule has 8 heteroatoms. The third kappa shape index (κ3) is 8.47. The lowest BCUT2D eigenvalue weighted by Gasteiger charge is -2.41. The molecule has 2 aromatic carbocycles. The Balaban J connectivity index is 2.58. The highest BCUT2D eigenvalue weighted by molar-refractivity contribution is 5.92. The third-order valence-electron chi connectivity index (χ3n) is 8.38. The standard InChI is InChI=1S/C35H51N3O5/c1-12-43-33(41)24(4)22-28(23(2)3)38(10)32(40)30(35(7,8)26-18-20-27(42-11)21-19-26)37-31(39)29(36-9)34(5,6)25-16-14-13-15-17-25/h13-23,28-30,36H,12H2,1-11H3,(H,37,39)/b24-22+/t28-,29-,30-/m1/s1. The number of hydrogen-bond donors (Lipinski definition) is 2. The van der Waals surface area contributed by atoms with Crippen molar-refractivity contribution in [2.24, 2.45) is 5.92 Å². The molecule has 0 radical (unpaired) electrons. The van der Waals surface area contributed by atoms with E-state index in [1.807, 2.05) is 96.1 Å². The van der Waals surface area contributed by atoms with Gasteiger partial charge < -0.3 is 25.0 Å². The average Bonchev–Trinajstić information content (AvgIpc) is 2.98. The van der Waals surface area contributed by atoms with E-state index in [1.54, 1.807) is 46.0 Å². The topological polar surface area (TPSA) is 97.0 Å². The Hall–Kier alpha value is -3.65. The quantitative estimate of drug-likeness (QED) is 0.236. The maximum absolute atomic E-state index is 14.5. The van der Waals surface area contributed by atoms with Crippen molar-refractivity contribution in [1.82, 2.24) is 15.5 Å². The van der Waals surface area contributed by atoms with Crippen molar-refractivity contribution in [2.75, 3.05) is 27.8 Å². The van der Waals surface area contributed by atoms with Gasteiger partial charge in [0.1, 0.15) is 11.8 Å². The van der Waals surface area contributed by atoms with Gasteiger partial charge >= 0.3 is 5.97 Å². The van der Waals surface area contributed by atoms with Crippen LogP contribution in [0.5, 0.6) is 5.75 Å². The second-order valence-electron chi connectivity index (χ2n) is 12.5. The zero-order chi connectivity index (χ0) is 32.5. The van der Waals surface area contributed by atoms with Gasteiger partial charge in [0.15, 0.2) is 0 Å². The number of carbonyl (C=O) groups is 3. The molecule has 0 spiro atoms. The van der Waals surface area contributed by atoms with Gasteiger partial charge in [0.05, 0.1) is 25.8 Å². The Morgan fingerprint density at radius 3 is 1.93 bits per heavy atom. The van der Waals surface area contributed by atoms with E-state index in [1.165, 1.54) is 0 Å². The lowest BCUT2D eigenvalue weighted by atomic mass is 9.75. The van der Waals surface area contributed by atoms with Gasteiger partial charge in [-0.3, -0.25) is 9.59 Å². The molecular weight excluding hydrogens is 542 g/mol. The van der Waals surface area contributed by atoms with Gasteiger partial charge in [0.25, 0.3) is 0 Å². The van der Waals surface area contributed by atoms with Crippen LogP contribution in [0.4, 0.5) is 0 Å². The largest absolute Gasteiger partial charge is 0.497 e. The van der Waals surface area contributed by atoms with Crippen LogP contribution in [-0.4, -0.2) is 68.6 Å². The zero-order valence-electron chi connectivity index (χ0n) is 27.8. The first-order chi connectivity index (χ1) is 20.1. The number of likely N-dealkylation sites (N-methyl/N-ethyl adjacent to an activating group) is 2. The van der Waals surface area contributed by atoms with Crippen LogP contribution in [-0.2, 0) is 30.0 Å². The predicted octanol–water partition coefficient (Wildman–Crippen LogP) is 5.02. The van der Waals surface area contributed by atoms with E-state index >= 15 is 0 Å². The molecule has 0 heterocycles. The van der Waals surface area contributed by atoms with Crippen LogP contribution < -0.4 is 15.4 Å². The number of ether oxygens (including phenoxy) is 2. The number of nitrogens with zero attached hydrogens (tertiary/aromatic N) is 1. The number of esters is 1. The van der Waals surface area contributed by atoms with E-state index in [0.29, 0.717) is 11.3 Å². The Labute approximate surface area is 258 Å². The molecule has 0 bridgehead atoms. The zero-order valence-corrected chi connectivity index (χ0v) is 27.8. The summed E-state index contributed by atoms with van der Waals surface area (Å²) in [5.41, 5.74) is 0.893. The molecule has 0 aliphatic carbocycles. The third-order valence-corrected chi connectivity index (χ3v) is 8.38. The molecule has 0 fully saturated rings. The van der Waals surface area contributed by atoms with Crippen molar-refractivity contribution < 1.29 is 23.9 Å². The molecule has 2 N–H and O–H groups in total. The summed E-state index contributed by atoms with van der Waals surface area (Å²) in [5, 5.41) is 6.34. The van der Waals surface area contributed by atoms with Crippen LogP contribution in [0.25, 0.3) is 0 Å². The summed E-state index contributed by atoms with van der Waals surface area (Å²) in [5.74, 6) is -0.293. The maximum Gasteiger partial charge on any atom is 0.333 e. The van der Waals surface area contributed by atoms with Gasteiger partial charge in [-0.05, 0) is 50.1 Å². The normalized spacial score (nSPS) is 14.5. The van der Waals surface area contributed by atoms with Gasteiger partial charge in [0.2, 0.25) is 11.8 Å². The van der Waals surface area contributed by atoms with Crippen molar-refractivity contribution in [2.45, 2.75) is 84.3 Å². The molecule has 0 saturated heterocycles. The summed E-state index contributed by atoms with van der Waals surface area (Å²) < 4.78 is 10.5. The van der Waals surface area contributed by atoms with Crippen LogP contribution in [0, 0.1) is 5.92 Å². The first kappa shape index (κ1) is 35.5. The molecule has 0 aliphatic heterocycles. The van der Waals surface area contributed by atoms with Crippen LogP contribution in [0.15, 0.2) is 66.2 Å². The molecule has 0 aliphatic rings. The summed E-state index contributed by atoms with van der Waals surface area (Å²) in [7, 11) is 5.07. The van der Waals surface area contributed by atoms with Crippen molar-refractivity contribution in [3.05, 3.63) is 77.4 Å². The molecule has 3 atom stereocenters. The Kier molecular flexibility index (Phi) is 12.6. The monoisotopic (exact) mass is 593 g/mol. The van der Waals surface area contributed by atoms with E-state index in [4.69, 9.17) is 9.47 Å². The van der Waals surface area contributed by atoms with Gasteiger partial charge in [-0.1, -0.05) is 90.1 Å². The lowest BCUT2D eigenvalue weighted by molar-refractivity contribution is -0.140. The highest BCUT2D eigenvalue weighted by Crippen LogP contribution is 2.32. The summed E-state index contributed by atoms with van der Waals surface area (Å²) in [6.07, 6.45) is 1.77. The second-order valence-corrected chi connectivity index (χ2v) is 12.5. The van der Waals surface area contributed by atoms with Crippen LogP contribution in [0.3, 0.4) is 0 Å². The fourth-order valence-corrected chi connectivity index (χ4v) is 5.49. The fraction of sp³-hybridized carbons (Fsp3) is 0.514. The van der Waals surface area contributed by atoms with Crippen LogP contribution in [0.1, 0.15) is 66.5 Å². The van der Waals surface area contributed by atoms with E-state index in [9.17, 15) is 14.4 Å². The van der Waals surface area contributed by atoms with Gasteiger partial charge in [-0.25, -0.2) is 4.79 Å². The number of amides is 2. The predicted molar refractivity (Wildman–Crippen MR) is 172 cm³/mol. The number of nitrogens with one attached hydrogen (secondary N) is 2. The van der Waals surface area contributed by atoms with Gasteiger partial charge in [-0.15, -0.1) is 0 Å². The highest BCUT2D eigenvalue weighted by Gasteiger charge is 2.44. The lowest BCUT2D eigenvalue weighted by Crippen LogP contribution is -2.63. The molecule has 43 heavy (non-hydrogen) atoms. The van der Waals surface area contributed by atoms with E-state index in [-0.39, 0.29) is 24.3 Å². The molecule has 2 rings (SSSR count). The van der Waals surface area contributed by atoms with Crippen molar-refractivity contribution in [1.29, 1.82) is 0 Å². The molecular formula is C35H51N3O5. The smallest absolute Gasteiger partial charge is 0.333 e. The SMILES string of the molecule is CCOC(=O)/C(C)=C/[C@H](C(C)C)N(C)C(=O)[C@@H](NC(=O)[C@@H](NC)C(C)(C)c1ccccc1)C(C)(C)c1ccc(OC)cc1. The molecule has 0 aromatic heterocycles. The molecule has 8 nitrogen and oxygen atoms in total. The minimum absolute atomic E-state index is 0.0131. The highest BCUT2D eigenvalue weighted by atomic mass is 16.5. The number of rotatable bonds is 14. The first-order valence-electron chi connectivity index (χ1n) is 14.9. The molecule has 0 unspecified atom stereocenters. The Morgan fingerprint density at radius 1 is 0.907 bits per heavy atom. The maximum atomic E-state index is 14.5. The summed E-state index contributed by atoms with van der Waals surface area (Å²) in [6, 6.07) is 15.4. The number of carbonyl (C=O) groups excluding carboxylic acids is 3. The van der Waals surface area contributed by atoms with Crippen LogP contribution >= 0.6 is 0 Å². The average molecular weight is 594 g/mol. The summed E-state index contributed by atoms with van der Waals surface area (Å²) >= 11 is 0. The Morgan fingerprint density at radius 2 is 1.44 bits per heavy atom. The van der Waals surface area contributed by atoms with E-state index in [2.05, 4.69) is 10.6 Å². The fourth-order valence-electron chi connectivity index (χ4n) is 5.49. The molecule has 236 valence electrons. The minimum atomic E-state index is -0.932. The van der Waals surface area contributed by atoms with E-state index in [0.717, 1.165) is 11.1 Å². The van der Waals surface area contributed by atoms with Crippen molar-refractivity contribution in [3.8, 4) is 5.75 Å². The van der Waals surface area contributed by atoms with Crippen LogP contribution in [0.2, 0.25) is 0 Å².